The van der Waals surface area contributed by atoms with E-state index in [2.05, 4.69) is 10.1 Å². The summed E-state index contributed by atoms with van der Waals surface area (Å²) in [6, 6.07) is 12.1. The molecule has 0 aromatic heterocycles. The van der Waals surface area contributed by atoms with Gasteiger partial charge < -0.3 is 14.8 Å². The SMILES string of the molecule is COCCCN1C(=O)C(Nc2ccc(OC(F)(F)F)cc2)=C(c2ccc(C)cc2)C1=O. The number of halogens is 3. The van der Waals surface area contributed by atoms with Gasteiger partial charge in [0.2, 0.25) is 0 Å². The molecule has 0 radical (unpaired) electrons. The predicted molar refractivity (Wildman–Crippen MR) is 108 cm³/mol. The number of hydrogen-bond acceptors (Lipinski definition) is 5. The Balaban J connectivity index is 1.91. The molecular weight excluding hydrogens is 413 g/mol. The highest BCUT2D eigenvalue weighted by molar-refractivity contribution is 6.36. The summed E-state index contributed by atoms with van der Waals surface area (Å²) >= 11 is 0. The van der Waals surface area contributed by atoms with Crippen molar-refractivity contribution in [1.29, 1.82) is 0 Å². The van der Waals surface area contributed by atoms with Crippen LogP contribution in [0.5, 0.6) is 5.75 Å². The van der Waals surface area contributed by atoms with Gasteiger partial charge in [0, 0.05) is 25.9 Å². The van der Waals surface area contributed by atoms with Crippen LogP contribution in [0.25, 0.3) is 5.57 Å². The number of methoxy groups -OCH3 is 1. The molecule has 1 aliphatic rings. The number of imide groups is 1. The molecule has 0 atom stereocenters. The van der Waals surface area contributed by atoms with E-state index in [9.17, 15) is 22.8 Å². The fourth-order valence-electron chi connectivity index (χ4n) is 3.13. The molecule has 2 aromatic carbocycles. The molecule has 0 aliphatic carbocycles. The lowest BCUT2D eigenvalue weighted by Gasteiger charge is -2.15. The van der Waals surface area contributed by atoms with Gasteiger partial charge in [-0.2, -0.15) is 0 Å². The Morgan fingerprint density at radius 1 is 0.968 bits per heavy atom. The van der Waals surface area contributed by atoms with Crippen molar-refractivity contribution in [2.75, 3.05) is 25.6 Å². The van der Waals surface area contributed by atoms with Gasteiger partial charge in [-0.05, 0) is 43.2 Å². The molecule has 31 heavy (non-hydrogen) atoms. The normalized spacial score (nSPS) is 14.4. The van der Waals surface area contributed by atoms with Crippen molar-refractivity contribution in [3.05, 3.63) is 65.4 Å². The van der Waals surface area contributed by atoms with Crippen LogP contribution in [0, 0.1) is 6.92 Å². The highest BCUT2D eigenvalue weighted by Gasteiger charge is 2.39. The first-order valence-electron chi connectivity index (χ1n) is 9.49. The zero-order valence-corrected chi connectivity index (χ0v) is 17.0. The zero-order chi connectivity index (χ0) is 22.6. The van der Waals surface area contributed by atoms with Crippen LogP contribution in [-0.4, -0.2) is 43.3 Å². The summed E-state index contributed by atoms with van der Waals surface area (Å²) in [4.78, 5) is 27.2. The molecule has 0 saturated heterocycles. The van der Waals surface area contributed by atoms with Crippen LogP contribution in [0.4, 0.5) is 18.9 Å². The molecule has 2 aromatic rings. The minimum atomic E-state index is -4.80. The first kappa shape index (κ1) is 22.4. The van der Waals surface area contributed by atoms with Gasteiger partial charge >= 0.3 is 6.36 Å². The third kappa shape index (κ3) is 5.43. The average Bonchev–Trinajstić information content (AvgIpc) is 2.93. The fraction of sp³-hybridized carbons (Fsp3) is 0.273. The Bertz CT molecular complexity index is 983. The Hall–Kier alpha value is -3.33. The van der Waals surface area contributed by atoms with Crippen molar-refractivity contribution in [3.8, 4) is 5.75 Å². The Kier molecular flexibility index (Phi) is 6.65. The number of hydrogen-bond donors (Lipinski definition) is 1. The molecule has 0 bridgehead atoms. The van der Waals surface area contributed by atoms with Crippen molar-refractivity contribution in [1.82, 2.24) is 4.90 Å². The molecule has 1 heterocycles. The van der Waals surface area contributed by atoms with Gasteiger partial charge in [0.25, 0.3) is 11.8 Å². The van der Waals surface area contributed by atoms with E-state index in [4.69, 9.17) is 4.74 Å². The number of carbonyl (C=O) groups is 2. The number of nitrogens with one attached hydrogen (secondary N) is 1. The van der Waals surface area contributed by atoms with Gasteiger partial charge in [0.1, 0.15) is 11.4 Å². The van der Waals surface area contributed by atoms with E-state index in [0.717, 1.165) is 22.6 Å². The van der Waals surface area contributed by atoms with Crippen molar-refractivity contribution in [3.63, 3.8) is 0 Å². The van der Waals surface area contributed by atoms with Crippen molar-refractivity contribution in [2.24, 2.45) is 0 Å². The summed E-state index contributed by atoms with van der Waals surface area (Å²) in [7, 11) is 1.53. The van der Waals surface area contributed by atoms with E-state index in [1.165, 1.54) is 19.2 Å². The number of amides is 2. The maximum absolute atomic E-state index is 13.0. The van der Waals surface area contributed by atoms with Crippen LogP contribution in [-0.2, 0) is 14.3 Å². The molecule has 1 N–H and O–H groups in total. The molecule has 3 rings (SSSR count). The van der Waals surface area contributed by atoms with E-state index >= 15 is 0 Å². The molecule has 1 aliphatic heterocycles. The first-order valence-corrected chi connectivity index (χ1v) is 9.49. The molecule has 164 valence electrons. The van der Waals surface area contributed by atoms with Crippen molar-refractivity contribution in [2.45, 2.75) is 19.7 Å². The third-order valence-corrected chi connectivity index (χ3v) is 4.60. The number of nitrogens with zero attached hydrogens (tertiary/aromatic N) is 1. The number of benzene rings is 2. The number of carbonyl (C=O) groups excluding carboxylic acids is 2. The van der Waals surface area contributed by atoms with Gasteiger partial charge in [0.15, 0.2) is 0 Å². The van der Waals surface area contributed by atoms with Crippen LogP contribution in [0.15, 0.2) is 54.2 Å². The van der Waals surface area contributed by atoms with Crippen LogP contribution in [0.2, 0.25) is 0 Å². The molecule has 0 unspecified atom stereocenters. The highest BCUT2D eigenvalue weighted by atomic mass is 19.4. The van der Waals surface area contributed by atoms with E-state index in [1.807, 2.05) is 19.1 Å². The van der Waals surface area contributed by atoms with Gasteiger partial charge in [-0.25, -0.2) is 0 Å². The second-order valence-electron chi connectivity index (χ2n) is 6.92. The standard InChI is InChI=1S/C22H21F3N2O4/c1-14-4-6-15(7-5-14)18-19(21(29)27(20(18)28)12-3-13-30-2)26-16-8-10-17(11-9-16)31-22(23,24)25/h4-11,26H,3,12-13H2,1-2H3. The first-order chi connectivity index (χ1) is 14.7. The minimum absolute atomic E-state index is 0.0655. The Morgan fingerprint density at radius 3 is 2.19 bits per heavy atom. The predicted octanol–water partition coefficient (Wildman–Crippen LogP) is 4.12. The summed E-state index contributed by atoms with van der Waals surface area (Å²) in [6.07, 6.45) is -4.32. The smallest absolute Gasteiger partial charge is 0.406 e. The van der Waals surface area contributed by atoms with Gasteiger partial charge in [-0.1, -0.05) is 29.8 Å². The average molecular weight is 434 g/mol. The summed E-state index contributed by atoms with van der Waals surface area (Å²) in [6.45, 7) is 2.48. The number of anilines is 1. The monoisotopic (exact) mass is 434 g/mol. The molecule has 6 nitrogen and oxygen atoms in total. The van der Waals surface area contributed by atoms with Crippen LogP contribution < -0.4 is 10.1 Å². The summed E-state index contributed by atoms with van der Waals surface area (Å²) < 4.78 is 45.9. The number of alkyl halides is 3. The highest BCUT2D eigenvalue weighted by Crippen LogP contribution is 2.31. The zero-order valence-electron chi connectivity index (χ0n) is 17.0. The van der Waals surface area contributed by atoms with Crippen LogP contribution >= 0.6 is 0 Å². The van der Waals surface area contributed by atoms with Crippen LogP contribution in [0.3, 0.4) is 0 Å². The third-order valence-electron chi connectivity index (χ3n) is 4.60. The van der Waals surface area contributed by atoms with Crippen molar-refractivity contribution >= 4 is 23.1 Å². The number of ether oxygens (including phenoxy) is 2. The molecular formula is C22H21F3N2O4. The van der Waals surface area contributed by atoms with E-state index < -0.39 is 18.2 Å². The maximum Gasteiger partial charge on any atom is 0.573 e. The number of rotatable bonds is 8. The van der Waals surface area contributed by atoms with Crippen molar-refractivity contribution < 1.29 is 32.2 Å². The summed E-state index contributed by atoms with van der Waals surface area (Å²) in [5, 5.41) is 2.89. The molecule has 0 spiro atoms. The molecule has 0 saturated carbocycles. The topological polar surface area (TPSA) is 67.9 Å². The second kappa shape index (κ2) is 9.22. The largest absolute Gasteiger partial charge is 0.573 e. The summed E-state index contributed by atoms with van der Waals surface area (Å²) in [5.74, 6) is -1.34. The summed E-state index contributed by atoms with van der Waals surface area (Å²) in [5.41, 5.74) is 2.17. The number of aryl methyl sites for hydroxylation is 1. The van der Waals surface area contributed by atoms with Gasteiger partial charge in [-0.3, -0.25) is 14.5 Å². The lowest BCUT2D eigenvalue weighted by Crippen LogP contribution is -2.33. The second-order valence-corrected chi connectivity index (χ2v) is 6.92. The minimum Gasteiger partial charge on any atom is -0.406 e. The molecule has 9 heteroatoms. The van der Waals surface area contributed by atoms with Gasteiger partial charge in [0.05, 0.1) is 5.57 Å². The lowest BCUT2D eigenvalue weighted by atomic mass is 10.0. The molecule has 0 fully saturated rings. The van der Waals surface area contributed by atoms with Gasteiger partial charge in [-0.15, -0.1) is 13.2 Å². The fourth-order valence-corrected chi connectivity index (χ4v) is 3.13. The lowest BCUT2D eigenvalue weighted by molar-refractivity contribution is -0.274. The maximum atomic E-state index is 13.0. The quantitative estimate of drug-likeness (QED) is 0.500. The van der Waals surface area contributed by atoms with E-state index in [1.54, 1.807) is 12.1 Å². The molecule has 2 amide bonds. The van der Waals surface area contributed by atoms with E-state index in [0.29, 0.717) is 24.3 Å². The Morgan fingerprint density at radius 2 is 1.61 bits per heavy atom. The van der Waals surface area contributed by atoms with E-state index in [-0.39, 0.29) is 23.6 Å². The van der Waals surface area contributed by atoms with Crippen LogP contribution in [0.1, 0.15) is 17.5 Å². The Labute approximate surface area is 177 Å².